The first-order chi connectivity index (χ1) is 16.8. The van der Waals surface area contributed by atoms with Gasteiger partial charge in [-0.3, -0.25) is 4.79 Å². The maximum absolute atomic E-state index is 14.5. The summed E-state index contributed by atoms with van der Waals surface area (Å²) in [6.45, 7) is 3.91. The van der Waals surface area contributed by atoms with Crippen LogP contribution in [0.1, 0.15) is 41.0 Å². The number of halogens is 4. The summed E-state index contributed by atoms with van der Waals surface area (Å²) in [5.74, 6) is -1.77. The highest BCUT2D eigenvalue weighted by molar-refractivity contribution is 7.91. The molecule has 0 spiro atoms. The van der Waals surface area contributed by atoms with Crippen LogP contribution in [0.3, 0.4) is 0 Å². The average molecular weight is 526 g/mol. The molecule has 1 atom stereocenters. The van der Waals surface area contributed by atoms with Gasteiger partial charge in [0.1, 0.15) is 11.4 Å². The van der Waals surface area contributed by atoms with E-state index in [1.165, 1.54) is 16.5 Å². The summed E-state index contributed by atoms with van der Waals surface area (Å²) in [6, 6.07) is 8.11. The van der Waals surface area contributed by atoms with Gasteiger partial charge in [0.05, 0.1) is 28.5 Å². The number of hydrogen-bond acceptors (Lipinski definition) is 5. The summed E-state index contributed by atoms with van der Waals surface area (Å²) in [7, 11) is -3.74. The van der Waals surface area contributed by atoms with E-state index >= 15 is 0 Å². The molecule has 0 saturated heterocycles. The SMILES string of the molecule is CCS(=O)(=O)c1ccc(OC(C)C(F)(F)F)c(C(=O)N2Cc3cn(-c4cccc(C)c4F)nc3C2)c1. The molecule has 1 aliphatic rings. The Bertz CT molecular complexity index is 1410. The molecule has 3 aromatic rings. The van der Waals surface area contributed by atoms with Crippen LogP contribution in [0.4, 0.5) is 17.6 Å². The minimum absolute atomic E-state index is 0.00756. The Balaban J connectivity index is 1.65. The molecule has 36 heavy (non-hydrogen) atoms. The second kappa shape index (κ2) is 9.23. The molecule has 0 N–H and O–H groups in total. The normalized spacial score (nSPS) is 14.6. The van der Waals surface area contributed by atoms with Crippen LogP contribution in [-0.4, -0.2) is 47.0 Å². The lowest BCUT2D eigenvalue weighted by atomic mass is 10.1. The molecule has 2 heterocycles. The third kappa shape index (κ3) is 4.81. The largest absolute Gasteiger partial charge is 0.480 e. The number of alkyl halides is 3. The molecule has 1 aromatic heterocycles. The maximum atomic E-state index is 14.5. The van der Waals surface area contributed by atoms with Gasteiger partial charge in [0.15, 0.2) is 21.8 Å². The number of aromatic nitrogens is 2. The van der Waals surface area contributed by atoms with Crippen molar-refractivity contribution >= 4 is 15.7 Å². The van der Waals surface area contributed by atoms with E-state index in [2.05, 4.69) is 5.10 Å². The third-order valence-corrected chi connectivity index (χ3v) is 7.70. The van der Waals surface area contributed by atoms with Gasteiger partial charge in [-0.25, -0.2) is 17.5 Å². The molecule has 1 unspecified atom stereocenters. The molecule has 12 heteroatoms. The van der Waals surface area contributed by atoms with Gasteiger partial charge >= 0.3 is 6.18 Å². The van der Waals surface area contributed by atoms with Crippen molar-refractivity contribution in [1.82, 2.24) is 14.7 Å². The van der Waals surface area contributed by atoms with E-state index in [1.807, 2.05) is 0 Å². The Morgan fingerprint density at radius 3 is 2.56 bits per heavy atom. The minimum atomic E-state index is -4.69. The smallest absolute Gasteiger partial charge is 0.425 e. The van der Waals surface area contributed by atoms with Gasteiger partial charge in [0.2, 0.25) is 0 Å². The fourth-order valence-electron chi connectivity index (χ4n) is 3.80. The first kappa shape index (κ1) is 25.7. The highest BCUT2D eigenvalue weighted by Gasteiger charge is 2.39. The van der Waals surface area contributed by atoms with Gasteiger partial charge in [-0.05, 0) is 43.7 Å². The van der Waals surface area contributed by atoms with Crippen molar-refractivity contribution in [3.63, 3.8) is 0 Å². The molecule has 1 aliphatic heterocycles. The maximum Gasteiger partial charge on any atom is 0.425 e. The number of rotatable bonds is 6. The molecule has 4 rings (SSSR count). The lowest BCUT2D eigenvalue weighted by Gasteiger charge is -2.22. The number of nitrogens with zero attached hydrogens (tertiary/aromatic N) is 3. The topological polar surface area (TPSA) is 81.5 Å². The predicted molar refractivity (Wildman–Crippen MR) is 122 cm³/mol. The Morgan fingerprint density at radius 1 is 1.19 bits per heavy atom. The minimum Gasteiger partial charge on any atom is -0.480 e. The molecule has 0 radical (unpaired) electrons. The summed E-state index contributed by atoms with van der Waals surface area (Å²) in [5.41, 5.74) is 1.52. The summed E-state index contributed by atoms with van der Waals surface area (Å²) in [4.78, 5) is 14.5. The van der Waals surface area contributed by atoms with E-state index in [-0.39, 0.29) is 40.7 Å². The fourth-order valence-corrected chi connectivity index (χ4v) is 4.70. The molecule has 2 aromatic carbocycles. The van der Waals surface area contributed by atoms with E-state index in [0.29, 0.717) is 16.8 Å². The molecule has 192 valence electrons. The van der Waals surface area contributed by atoms with Crippen LogP contribution in [0.2, 0.25) is 0 Å². The zero-order chi connectivity index (χ0) is 26.4. The Kier molecular flexibility index (Phi) is 6.58. The first-order valence-corrected chi connectivity index (χ1v) is 12.7. The Hall–Kier alpha value is -3.41. The van der Waals surface area contributed by atoms with Crippen LogP contribution in [-0.2, 0) is 22.9 Å². The molecular formula is C24H23F4N3O4S. The number of sulfone groups is 1. The fraction of sp³-hybridized carbons (Fsp3) is 0.333. The van der Waals surface area contributed by atoms with Gasteiger partial charge in [0.25, 0.3) is 5.91 Å². The van der Waals surface area contributed by atoms with Crippen molar-refractivity contribution in [3.8, 4) is 11.4 Å². The van der Waals surface area contributed by atoms with Crippen molar-refractivity contribution in [1.29, 1.82) is 0 Å². The lowest BCUT2D eigenvalue weighted by molar-refractivity contribution is -0.189. The van der Waals surface area contributed by atoms with Crippen molar-refractivity contribution in [2.45, 2.75) is 51.0 Å². The van der Waals surface area contributed by atoms with Crippen LogP contribution < -0.4 is 4.74 Å². The standard InChI is InChI=1S/C24H23F4N3O4S/c1-4-36(33,34)17-8-9-21(35-15(3)24(26,27)28)18(10-17)23(32)30-11-16-12-31(29-19(16)13-30)20-7-5-6-14(2)22(20)25/h5-10,12,15H,4,11,13H2,1-3H3. The number of fused-ring (bicyclic) bond motifs is 1. The first-order valence-electron chi connectivity index (χ1n) is 11.0. The zero-order valence-corrected chi connectivity index (χ0v) is 20.5. The second-order valence-electron chi connectivity index (χ2n) is 8.48. The van der Waals surface area contributed by atoms with E-state index in [0.717, 1.165) is 25.1 Å². The van der Waals surface area contributed by atoms with E-state index in [4.69, 9.17) is 4.74 Å². The number of benzene rings is 2. The molecular weight excluding hydrogens is 502 g/mol. The number of carbonyl (C=O) groups is 1. The Labute approximate surface area is 205 Å². The van der Waals surface area contributed by atoms with E-state index in [1.54, 1.807) is 31.3 Å². The van der Waals surface area contributed by atoms with E-state index in [9.17, 15) is 30.8 Å². The number of ether oxygens (including phenoxy) is 1. The van der Waals surface area contributed by atoms with Gasteiger partial charge in [-0.15, -0.1) is 0 Å². The van der Waals surface area contributed by atoms with Crippen LogP contribution >= 0.6 is 0 Å². The summed E-state index contributed by atoms with van der Waals surface area (Å²) in [6.07, 6.45) is -5.32. The van der Waals surface area contributed by atoms with Crippen LogP contribution in [0.15, 0.2) is 47.5 Å². The monoisotopic (exact) mass is 525 g/mol. The van der Waals surface area contributed by atoms with Gasteiger partial charge in [-0.1, -0.05) is 19.1 Å². The zero-order valence-electron chi connectivity index (χ0n) is 19.6. The molecule has 1 amide bonds. The van der Waals surface area contributed by atoms with Gasteiger partial charge in [-0.2, -0.15) is 18.3 Å². The van der Waals surface area contributed by atoms with Gasteiger partial charge in [0, 0.05) is 18.3 Å². The summed E-state index contributed by atoms with van der Waals surface area (Å²) in [5, 5.41) is 4.37. The summed E-state index contributed by atoms with van der Waals surface area (Å²) >= 11 is 0. The molecule has 0 bridgehead atoms. The number of carbonyl (C=O) groups excluding carboxylic acids is 1. The Morgan fingerprint density at radius 2 is 1.92 bits per heavy atom. The molecule has 7 nitrogen and oxygen atoms in total. The predicted octanol–water partition coefficient (Wildman–Crippen LogP) is 4.60. The number of hydrogen-bond donors (Lipinski definition) is 0. The molecule has 0 fully saturated rings. The van der Waals surface area contributed by atoms with Crippen LogP contribution in [0.5, 0.6) is 5.75 Å². The molecule has 0 saturated carbocycles. The summed E-state index contributed by atoms with van der Waals surface area (Å²) < 4.78 is 84.9. The average Bonchev–Trinajstić information content (AvgIpc) is 3.39. The van der Waals surface area contributed by atoms with Crippen molar-refractivity contribution in [2.75, 3.05) is 5.75 Å². The number of amides is 1. The lowest BCUT2D eigenvalue weighted by Crippen LogP contribution is -2.33. The van der Waals surface area contributed by atoms with Crippen molar-refractivity contribution < 1.29 is 35.5 Å². The van der Waals surface area contributed by atoms with Crippen LogP contribution in [0.25, 0.3) is 5.69 Å². The van der Waals surface area contributed by atoms with Gasteiger partial charge < -0.3 is 9.64 Å². The number of aryl methyl sites for hydroxylation is 1. The highest BCUT2D eigenvalue weighted by atomic mass is 32.2. The van der Waals surface area contributed by atoms with Crippen molar-refractivity contribution in [2.24, 2.45) is 0 Å². The molecule has 0 aliphatic carbocycles. The van der Waals surface area contributed by atoms with Crippen LogP contribution in [0, 0.1) is 12.7 Å². The van der Waals surface area contributed by atoms with Crippen molar-refractivity contribution in [3.05, 3.63) is 70.8 Å². The highest BCUT2D eigenvalue weighted by Crippen LogP contribution is 2.32. The third-order valence-electron chi connectivity index (χ3n) is 5.97. The second-order valence-corrected chi connectivity index (χ2v) is 10.8. The quantitative estimate of drug-likeness (QED) is 0.440. The van der Waals surface area contributed by atoms with E-state index < -0.39 is 33.8 Å².